The summed E-state index contributed by atoms with van der Waals surface area (Å²) in [6.45, 7) is 7.01. The van der Waals surface area contributed by atoms with E-state index in [2.05, 4.69) is 5.10 Å². The van der Waals surface area contributed by atoms with E-state index in [4.69, 9.17) is 4.74 Å². The predicted molar refractivity (Wildman–Crippen MR) is 100 cm³/mol. The maximum Gasteiger partial charge on any atom is 0.438 e. The molecule has 28 heavy (non-hydrogen) atoms. The number of aliphatic hydroxyl groups is 1. The van der Waals surface area contributed by atoms with Gasteiger partial charge in [0.1, 0.15) is 5.75 Å². The molecule has 1 aromatic rings. The molecule has 8 heteroatoms. The van der Waals surface area contributed by atoms with Crippen molar-refractivity contribution in [2.24, 2.45) is 5.10 Å². The van der Waals surface area contributed by atoms with Crippen LogP contribution in [0.25, 0.3) is 0 Å². The van der Waals surface area contributed by atoms with Crippen molar-refractivity contribution in [1.82, 2.24) is 5.01 Å². The summed E-state index contributed by atoms with van der Waals surface area (Å²) in [5.74, 6) is -0.487. The van der Waals surface area contributed by atoms with Gasteiger partial charge in [-0.05, 0) is 42.9 Å². The minimum Gasteiger partial charge on any atom is -0.483 e. The van der Waals surface area contributed by atoms with Gasteiger partial charge in [0.05, 0.1) is 0 Å². The maximum atomic E-state index is 13.5. The number of benzene rings is 1. The van der Waals surface area contributed by atoms with E-state index in [0.717, 1.165) is 17.5 Å². The molecule has 1 amide bonds. The molecule has 1 N–H and O–H groups in total. The molecule has 1 heterocycles. The quantitative estimate of drug-likeness (QED) is 0.732. The second kappa shape index (κ2) is 8.51. The summed E-state index contributed by atoms with van der Waals surface area (Å²) in [7, 11) is 0. The monoisotopic (exact) mass is 400 g/mol. The van der Waals surface area contributed by atoms with Crippen LogP contribution in [0.5, 0.6) is 5.75 Å². The number of hydrazone groups is 1. The Morgan fingerprint density at radius 2 is 2.07 bits per heavy atom. The van der Waals surface area contributed by atoms with E-state index < -0.39 is 30.8 Å². The summed E-state index contributed by atoms with van der Waals surface area (Å²) in [4.78, 5) is 12.5. The molecule has 0 aliphatic carbocycles. The van der Waals surface area contributed by atoms with Gasteiger partial charge in [0, 0.05) is 12.1 Å². The van der Waals surface area contributed by atoms with Gasteiger partial charge in [-0.25, -0.2) is 0 Å². The van der Waals surface area contributed by atoms with Crippen molar-refractivity contribution in [3.63, 3.8) is 0 Å². The third-order valence-corrected chi connectivity index (χ3v) is 4.69. The van der Waals surface area contributed by atoms with Crippen LogP contribution in [-0.4, -0.2) is 40.2 Å². The topological polar surface area (TPSA) is 62.1 Å². The van der Waals surface area contributed by atoms with Crippen LogP contribution < -0.4 is 4.74 Å². The molecule has 1 aromatic carbocycles. The molecule has 0 fully saturated rings. The zero-order valence-electron chi connectivity index (χ0n) is 16.6. The summed E-state index contributed by atoms with van der Waals surface area (Å²) in [6, 6.07) is 5.50. The number of amides is 1. The number of hydrogen-bond acceptors (Lipinski definition) is 4. The average molecular weight is 400 g/mol. The molecule has 5 nitrogen and oxygen atoms in total. The van der Waals surface area contributed by atoms with E-state index in [0.29, 0.717) is 18.6 Å². The normalized spacial score (nSPS) is 19.9. The summed E-state index contributed by atoms with van der Waals surface area (Å²) in [6.07, 6.45) is -4.05. The molecule has 1 unspecified atom stereocenters. The Hall–Kier alpha value is -2.09. The van der Waals surface area contributed by atoms with E-state index in [9.17, 15) is 23.1 Å². The molecule has 0 spiro atoms. The number of nitrogens with zero attached hydrogens (tertiary/aromatic N) is 2. The van der Waals surface area contributed by atoms with Crippen LogP contribution in [0.3, 0.4) is 0 Å². The number of unbranched alkanes of at least 4 members (excludes halogenated alkanes) is 1. The van der Waals surface area contributed by atoms with Crippen LogP contribution in [0, 0.1) is 6.92 Å². The zero-order chi connectivity index (χ0) is 21.1. The minimum absolute atomic E-state index is 0.114. The lowest BCUT2D eigenvalue weighted by atomic mass is 10.0. The molecule has 1 aliphatic heterocycles. The first kappa shape index (κ1) is 22.2. The van der Waals surface area contributed by atoms with E-state index >= 15 is 0 Å². The number of halogens is 3. The fourth-order valence-electron chi connectivity index (χ4n) is 3.06. The lowest BCUT2D eigenvalue weighted by Gasteiger charge is -2.32. The summed E-state index contributed by atoms with van der Waals surface area (Å²) in [5, 5.41) is 14.1. The second-order valence-corrected chi connectivity index (χ2v) is 7.45. The van der Waals surface area contributed by atoms with E-state index in [1.54, 1.807) is 6.07 Å². The third-order valence-electron chi connectivity index (χ3n) is 4.69. The molecule has 1 atom stereocenters. The SMILES string of the molecule is CCCCC1=NN(C(=O)COc2cc(C)ccc2C(C)C)C(O)(C(F)(F)F)C1. The summed E-state index contributed by atoms with van der Waals surface area (Å²) < 4.78 is 46.0. The van der Waals surface area contributed by atoms with Gasteiger partial charge >= 0.3 is 6.18 Å². The number of ether oxygens (including phenoxy) is 1. The zero-order valence-corrected chi connectivity index (χ0v) is 16.6. The van der Waals surface area contributed by atoms with Crippen LogP contribution >= 0.6 is 0 Å². The van der Waals surface area contributed by atoms with Crippen LogP contribution in [0.15, 0.2) is 23.3 Å². The molecule has 0 aromatic heterocycles. The highest BCUT2D eigenvalue weighted by atomic mass is 19.4. The molecular weight excluding hydrogens is 373 g/mol. The second-order valence-electron chi connectivity index (χ2n) is 7.45. The van der Waals surface area contributed by atoms with Gasteiger partial charge in [-0.2, -0.15) is 23.3 Å². The standard InChI is InChI=1S/C20H27F3N2O3/c1-5-6-7-15-11-19(27,20(21,22)23)25(24-15)18(26)12-28-17-10-14(4)8-9-16(17)13(2)3/h8-10,13,27H,5-7,11-12H2,1-4H3. The van der Waals surface area contributed by atoms with Crippen molar-refractivity contribution in [2.75, 3.05) is 6.61 Å². The largest absolute Gasteiger partial charge is 0.483 e. The van der Waals surface area contributed by atoms with Gasteiger partial charge < -0.3 is 9.84 Å². The fourth-order valence-corrected chi connectivity index (χ4v) is 3.06. The lowest BCUT2D eigenvalue weighted by Crippen LogP contribution is -2.57. The minimum atomic E-state index is -5.02. The molecule has 156 valence electrons. The maximum absolute atomic E-state index is 13.5. The molecule has 0 saturated carbocycles. The van der Waals surface area contributed by atoms with Crippen molar-refractivity contribution in [2.45, 2.75) is 71.2 Å². The van der Waals surface area contributed by atoms with Crippen molar-refractivity contribution >= 4 is 11.6 Å². The Kier molecular flexibility index (Phi) is 6.75. The highest BCUT2D eigenvalue weighted by Crippen LogP contribution is 2.41. The molecule has 2 rings (SSSR count). The Morgan fingerprint density at radius 3 is 2.64 bits per heavy atom. The number of carbonyl (C=O) groups is 1. The number of alkyl halides is 3. The first-order valence-corrected chi connectivity index (χ1v) is 9.41. The molecule has 0 bridgehead atoms. The van der Waals surface area contributed by atoms with Crippen LogP contribution in [0.1, 0.15) is 63.5 Å². The average Bonchev–Trinajstić information content (AvgIpc) is 2.95. The molecule has 0 saturated heterocycles. The fraction of sp³-hybridized carbons (Fsp3) is 0.600. The highest BCUT2D eigenvalue weighted by Gasteiger charge is 2.63. The lowest BCUT2D eigenvalue weighted by molar-refractivity contribution is -0.302. The Balaban J connectivity index is 2.21. The van der Waals surface area contributed by atoms with Crippen LogP contribution in [0.2, 0.25) is 0 Å². The third kappa shape index (κ3) is 4.66. The summed E-state index contributed by atoms with van der Waals surface area (Å²) in [5.41, 5.74) is -1.42. The van der Waals surface area contributed by atoms with Crippen LogP contribution in [-0.2, 0) is 4.79 Å². The predicted octanol–water partition coefficient (Wildman–Crippen LogP) is 4.53. The number of carbonyl (C=O) groups excluding carboxylic acids is 1. The van der Waals surface area contributed by atoms with Gasteiger partial charge in [-0.3, -0.25) is 4.79 Å². The van der Waals surface area contributed by atoms with Crippen molar-refractivity contribution in [1.29, 1.82) is 0 Å². The number of hydrogen-bond donors (Lipinski definition) is 1. The first-order chi connectivity index (χ1) is 13.0. The molecular formula is C20H27F3N2O3. The van der Waals surface area contributed by atoms with Gasteiger partial charge in [-0.1, -0.05) is 39.3 Å². The summed E-state index contributed by atoms with van der Waals surface area (Å²) >= 11 is 0. The van der Waals surface area contributed by atoms with E-state index in [1.165, 1.54) is 0 Å². The van der Waals surface area contributed by atoms with Gasteiger partial charge in [0.25, 0.3) is 11.6 Å². The Morgan fingerprint density at radius 1 is 1.39 bits per heavy atom. The number of rotatable bonds is 7. The smallest absolute Gasteiger partial charge is 0.438 e. The molecule has 1 aliphatic rings. The van der Waals surface area contributed by atoms with Crippen molar-refractivity contribution in [3.8, 4) is 5.75 Å². The molecule has 0 radical (unpaired) electrons. The Labute approximate surface area is 163 Å². The van der Waals surface area contributed by atoms with Crippen molar-refractivity contribution in [3.05, 3.63) is 29.3 Å². The first-order valence-electron chi connectivity index (χ1n) is 9.41. The van der Waals surface area contributed by atoms with E-state index in [-0.39, 0.29) is 16.6 Å². The van der Waals surface area contributed by atoms with Gasteiger partial charge in [0.2, 0.25) is 0 Å². The van der Waals surface area contributed by atoms with Crippen LogP contribution in [0.4, 0.5) is 13.2 Å². The Bertz CT molecular complexity index is 747. The van der Waals surface area contributed by atoms with E-state index in [1.807, 2.05) is 39.8 Å². The number of aryl methyl sites for hydroxylation is 1. The van der Waals surface area contributed by atoms with Crippen molar-refractivity contribution < 1.29 is 27.8 Å². The van der Waals surface area contributed by atoms with Gasteiger partial charge in [0.15, 0.2) is 6.61 Å². The van der Waals surface area contributed by atoms with Gasteiger partial charge in [-0.15, -0.1) is 0 Å². The highest BCUT2D eigenvalue weighted by molar-refractivity contribution is 5.91.